The highest BCUT2D eigenvalue weighted by molar-refractivity contribution is 7.87. The number of fused-ring (bicyclic) bond motifs is 3. The Kier molecular flexibility index (Phi) is 4.64. The minimum Gasteiger partial charge on any atom is -0.379 e. The van der Waals surface area contributed by atoms with Crippen LogP contribution in [0.5, 0.6) is 0 Å². The Hall–Kier alpha value is -2.30. The first-order valence-electron chi connectivity index (χ1n) is 9.95. The number of hydrogen-bond acceptors (Lipinski definition) is 5. The molecule has 154 valence electrons. The maximum atomic E-state index is 12.5. The van der Waals surface area contributed by atoms with Crippen LogP contribution >= 0.6 is 0 Å². The quantitative estimate of drug-likeness (QED) is 0.655. The van der Waals surface area contributed by atoms with Crippen LogP contribution in [-0.4, -0.2) is 64.6 Å². The van der Waals surface area contributed by atoms with E-state index in [1.54, 1.807) is 12.4 Å². The van der Waals surface area contributed by atoms with Crippen molar-refractivity contribution < 1.29 is 13.2 Å². The van der Waals surface area contributed by atoms with Gasteiger partial charge in [0.05, 0.1) is 24.9 Å². The largest absolute Gasteiger partial charge is 0.379 e. The highest BCUT2D eigenvalue weighted by Crippen LogP contribution is 2.42. The lowest BCUT2D eigenvalue weighted by Crippen LogP contribution is -2.39. The first-order valence-corrected chi connectivity index (χ1v) is 11.4. The SMILES string of the molecule is CC1CC(C=NS(=O)(=O)N2CCOCC2)CC1c1cnc2cnc3[nH]ccc3n12. The molecular formula is C19H24N6O3S. The summed E-state index contributed by atoms with van der Waals surface area (Å²) >= 11 is 0. The lowest BCUT2D eigenvalue weighted by atomic mass is 9.95. The second-order valence-electron chi connectivity index (χ2n) is 7.91. The van der Waals surface area contributed by atoms with Gasteiger partial charge in [0.15, 0.2) is 11.3 Å². The molecule has 2 aliphatic rings. The number of nitrogens with zero attached hydrogens (tertiary/aromatic N) is 5. The average molecular weight is 417 g/mol. The monoisotopic (exact) mass is 416 g/mol. The molecule has 10 heteroatoms. The zero-order chi connectivity index (χ0) is 20.0. The Balaban J connectivity index is 1.39. The van der Waals surface area contributed by atoms with Crippen molar-refractivity contribution in [3.8, 4) is 0 Å². The van der Waals surface area contributed by atoms with Crippen LogP contribution in [-0.2, 0) is 14.9 Å². The Morgan fingerprint density at radius 3 is 2.90 bits per heavy atom. The smallest absolute Gasteiger partial charge is 0.322 e. The second-order valence-corrected chi connectivity index (χ2v) is 9.53. The fraction of sp³-hybridized carbons (Fsp3) is 0.526. The molecule has 3 atom stereocenters. The fourth-order valence-electron chi connectivity index (χ4n) is 4.59. The number of aromatic amines is 1. The molecule has 0 radical (unpaired) electrons. The van der Waals surface area contributed by atoms with E-state index in [0.29, 0.717) is 32.2 Å². The maximum Gasteiger partial charge on any atom is 0.322 e. The molecule has 1 aliphatic heterocycles. The van der Waals surface area contributed by atoms with Crippen molar-refractivity contribution in [1.29, 1.82) is 0 Å². The summed E-state index contributed by atoms with van der Waals surface area (Å²) in [6.07, 6.45) is 8.97. The third-order valence-electron chi connectivity index (χ3n) is 6.07. The molecule has 3 unspecified atom stereocenters. The zero-order valence-corrected chi connectivity index (χ0v) is 17.0. The Morgan fingerprint density at radius 2 is 2.07 bits per heavy atom. The zero-order valence-electron chi connectivity index (χ0n) is 16.2. The van der Waals surface area contributed by atoms with Gasteiger partial charge in [-0.1, -0.05) is 6.92 Å². The summed E-state index contributed by atoms with van der Waals surface area (Å²) in [5.41, 5.74) is 3.81. The molecular weight excluding hydrogens is 392 g/mol. The number of morpholine rings is 1. The first-order chi connectivity index (χ1) is 14.0. The molecule has 5 rings (SSSR count). The van der Waals surface area contributed by atoms with Crippen molar-refractivity contribution >= 4 is 33.2 Å². The summed E-state index contributed by atoms with van der Waals surface area (Å²) < 4.78 is 37.7. The number of aromatic nitrogens is 4. The van der Waals surface area contributed by atoms with E-state index in [2.05, 4.69) is 30.7 Å². The van der Waals surface area contributed by atoms with Crippen LogP contribution in [0, 0.1) is 11.8 Å². The van der Waals surface area contributed by atoms with E-state index in [-0.39, 0.29) is 11.8 Å². The fourth-order valence-corrected chi connectivity index (χ4v) is 5.66. The van der Waals surface area contributed by atoms with Gasteiger partial charge in [-0.15, -0.1) is 0 Å². The van der Waals surface area contributed by atoms with Gasteiger partial charge in [-0.05, 0) is 30.7 Å². The second kappa shape index (κ2) is 7.19. The molecule has 1 saturated carbocycles. The molecule has 9 nitrogen and oxygen atoms in total. The van der Waals surface area contributed by atoms with Gasteiger partial charge in [0.2, 0.25) is 0 Å². The van der Waals surface area contributed by atoms with E-state index >= 15 is 0 Å². The molecule has 29 heavy (non-hydrogen) atoms. The summed E-state index contributed by atoms with van der Waals surface area (Å²) in [7, 11) is -3.62. The van der Waals surface area contributed by atoms with Gasteiger partial charge >= 0.3 is 10.2 Å². The molecule has 0 spiro atoms. The molecule has 1 aliphatic carbocycles. The lowest BCUT2D eigenvalue weighted by molar-refractivity contribution is 0.0731. The highest BCUT2D eigenvalue weighted by atomic mass is 32.2. The van der Waals surface area contributed by atoms with Gasteiger partial charge in [-0.25, -0.2) is 9.97 Å². The van der Waals surface area contributed by atoms with Crippen molar-refractivity contribution in [3.63, 3.8) is 0 Å². The van der Waals surface area contributed by atoms with Crippen molar-refractivity contribution in [1.82, 2.24) is 23.7 Å². The van der Waals surface area contributed by atoms with Gasteiger partial charge in [-0.2, -0.15) is 17.1 Å². The summed E-state index contributed by atoms with van der Waals surface area (Å²) in [4.78, 5) is 12.1. The van der Waals surface area contributed by atoms with Crippen LogP contribution in [0.3, 0.4) is 0 Å². The molecule has 4 heterocycles. The lowest BCUT2D eigenvalue weighted by Gasteiger charge is -2.23. The Bertz CT molecular complexity index is 1160. The van der Waals surface area contributed by atoms with Crippen LogP contribution in [0.25, 0.3) is 16.8 Å². The highest BCUT2D eigenvalue weighted by Gasteiger charge is 2.34. The van der Waals surface area contributed by atoms with Crippen molar-refractivity contribution in [2.45, 2.75) is 25.7 Å². The summed E-state index contributed by atoms with van der Waals surface area (Å²) in [5.74, 6) is 0.813. The van der Waals surface area contributed by atoms with Gasteiger partial charge < -0.3 is 9.72 Å². The van der Waals surface area contributed by atoms with Crippen LogP contribution in [0.2, 0.25) is 0 Å². The number of rotatable bonds is 4. The van der Waals surface area contributed by atoms with Crippen LogP contribution in [0.1, 0.15) is 31.4 Å². The minimum absolute atomic E-state index is 0.125. The van der Waals surface area contributed by atoms with Crippen molar-refractivity contribution in [3.05, 3.63) is 30.4 Å². The maximum absolute atomic E-state index is 12.5. The molecule has 1 N–H and O–H groups in total. The van der Waals surface area contributed by atoms with Crippen LogP contribution in [0.15, 0.2) is 29.1 Å². The summed E-state index contributed by atoms with van der Waals surface area (Å²) in [6.45, 7) is 3.80. The molecule has 2 fully saturated rings. The number of imidazole rings is 1. The average Bonchev–Trinajstić information content (AvgIpc) is 3.44. The van der Waals surface area contributed by atoms with Gasteiger partial charge in [-0.3, -0.25) is 4.40 Å². The van der Waals surface area contributed by atoms with Gasteiger partial charge in [0.1, 0.15) is 0 Å². The van der Waals surface area contributed by atoms with Gasteiger partial charge in [0.25, 0.3) is 0 Å². The van der Waals surface area contributed by atoms with E-state index in [9.17, 15) is 8.42 Å². The third-order valence-corrected chi connectivity index (χ3v) is 7.48. The van der Waals surface area contributed by atoms with E-state index < -0.39 is 10.2 Å². The van der Waals surface area contributed by atoms with Crippen LogP contribution in [0.4, 0.5) is 0 Å². The molecule has 3 aromatic heterocycles. The van der Waals surface area contributed by atoms with E-state index in [1.165, 1.54) is 4.31 Å². The van der Waals surface area contributed by atoms with Crippen molar-refractivity contribution in [2.75, 3.05) is 26.3 Å². The van der Waals surface area contributed by atoms with E-state index in [1.807, 2.05) is 18.5 Å². The topological polar surface area (TPSA) is 105 Å². The first kappa shape index (κ1) is 18.7. The molecule has 0 bridgehead atoms. The van der Waals surface area contributed by atoms with Crippen LogP contribution < -0.4 is 0 Å². The summed E-state index contributed by atoms with van der Waals surface area (Å²) in [6, 6.07) is 2.01. The van der Waals surface area contributed by atoms with Gasteiger partial charge in [0, 0.05) is 43.3 Å². The third kappa shape index (κ3) is 3.34. The predicted molar refractivity (Wildman–Crippen MR) is 109 cm³/mol. The number of hydrogen-bond donors (Lipinski definition) is 1. The number of H-pyrrole nitrogens is 1. The molecule has 3 aromatic rings. The molecule has 1 saturated heterocycles. The molecule has 0 aromatic carbocycles. The number of ether oxygens (including phenoxy) is 1. The van der Waals surface area contributed by atoms with E-state index in [4.69, 9.17) is 4.74 Å². The summed E-state index contributed by atoms with van der Waals surface area (Å²) in [5, 5.41) is 0. The Labute approximate surface area is 169 Å². The normalized spacial score (nSPS) is 26.9. The van der Waals surface area contributed by atoms with Crippen molar-refractivity contribution in [2.24, 2.45) is 16.2 Å². The van der Waals surface area contributed by atoms with E-state index in [0.717, 1.165) is 35.3 Å². The molecule has 0 amide bonds. The number of nitrogens with one attached hydrogen (secondary N) is 1. The Morgan fingerprint density at radius 1 is 1.24 bits per heavy atom. The standard InChI is InChI=1S/C19H24N6O3S/c1-13-8-14(10-23-29(26,27)24-4-6-28-7-5-24)9-15(13)17-11-21-18-12-22-19-16(25(17)18)2-3-20-19/h2-3,10-15,20H,4-9H2,1H3. The predicted octanol–water partition coefficient (Wildman–Crippen LogP) is 1.99. The minimum atomic E-state index is -3.62.